The van der Waals surface area contributed by atoms with E-state index in [2.05, 4.69) is 15.9 Å². The van der Waals surface area contributed by atoms with Gasteiger partial charge in [0.15, 0.2) is 4.32 Å². The Balaban J connectivity index is 1.86. The number of amides is 1. The van der Waals surface area contributed by atoms with E-state index in [-0.39, 0.29) is 10.0 Å². The molecule has 0 N–H and O–H groups in total. The second-order valence-corrected chi connectivity index (χ2v) is 8.63. The maximum Gasteiger partial charge on any atom is 0.416 e. The van der Waals surface area contributed by atoms with Gasteiger partial charge in [-0.05, 0) is 64.3 Å². The lowest BCUT2D eigenvalue weighted by atomic mass is 10.1. The summed E-state index contributed by atoms with van der Waals surface area (Å²) in [7, 11) is 0. The Hall–Kier alpha value is -1.84. The standard InChI is InChI=1S/C20H15BrF3NO2S2/c1-2-8-27-16-7-6-12(9-15(16)21)10-17-18(26)25(19(28)29-17)14-5-3-4-13(11-14)20(22,23)24/h3-7,9-11H,2,8H2,1H3/b17-10+. The fourth-order valence-electron chi connectivity index (χ4n) is 2.60. The van der Waals surface area contributed by atoms with Gasteiger partial charge < -0.3 is 4.74 Å². The summed E-state index contributed by atoms with van der Waals surface area (Å²) in [6.07, 6.45) is -1.96. The van der Waals surface area contributed by atoms with Crippen LogP contribution in [0, 0.1) is 0 Å². The zero-order valence-electron chi connectivity index (χ0n) is 15.1. The number of thiocarbonyl (C=S) groups is 1. The van der Waals surface area contributed by atoms with E-state index >= 15 is 0 Å². The fraction of sp³-hybridized carbons (Fsp3) is 0.200. The lowest BCUT2D eigenvalue weighted by molar-refractivity contribution is -0.137. The maximum atomic E-state index is 13.0. The Bertz CT molecular complexity index is 992. The molecule has 3 rings (SSSR count). The zero-order chi connectivity index (χ0) is 21.2. The summed E-state index contributed by atoms with van der Waals surface area (Å²) < 4.78 is 45.5. The van der Waals surface area contributed by atoms with Crippen LogP contribution in [0.25, 0.3) is 6.08 Å². The van der Waals surface area contributed by atoms with Crippen molar-refractivity contribution in [3.8, 4) is 5.75 Å². The molecule has 1 aliphatic rings. The van der Waals surface area contributed by atoms with Gasteiger partial charge in [-0.2, -0.15) is 13.2 Å². The molecule has 0 spiro atoms. The number of nitrogens with zero attached hydrogens (tertiary/aromatic N) is 1. The molecule has 29 heavy (non-hydrogen) atoms. The van der Waals surface area contributed by atoms with Crippen LogP contribution in [0.3, 0.4) is 0 Å². The van der Waals surface area contributed by atoms with Gasteiger partial charge in [0.05, 0.1) is 27.2 Å². The van der Waals surface area contributed by atoms with Crippen LogP contribution in [0.5, 0.6) is 5.75 Å². The highest BCUT2D eigenvalue weighted by atomic mass is 79.9. The average Bonchev–Trinajstić information content (AvgIpc) is 2.94. The maximum absolute atomic E-state index is 13.0. The number of carbonyl (C=O) groups is 1. The first-order chi connectivity index (χ1) is 13.7. The minimum Gasteiger partial charge on any atom is -0.492 e. The molecule has 0 radical (unpaired) electrons. The second kappa shape index (κ2) is 8.89. The highest BCUT2D eigenvalue weighted by Gasteiger charge is 2.36. The summed E-state index contributed by atoms with van der Waals surface area (Å²) in [4.78, 5) is 14.3. The van der Waals surface area contributed by atoms with Crippen LogP contribution in [0.1, 0.15) is 24.5 Å². The third-order valence-corrected chi connectivity index (χ3v) is 5.86. The predicted octanol–water partition coefficient (Wildman–Crippen LogP) is 6.66. The fourth-order valence-corrected chi connectivity index (χ4v) is 4.41. The minimum absolute atomic E-state index is 0.0928. The molecular weight excluding hydrogens is 487 g/mol. The van der Waals surface area contributed by atoms with Crippen molar-refractivity contribution in [3.05, 3.63) is 63.0 Å². The molecule has 152 valence electrons. The van der Waals surface area contributed by atoms with Crippen molar-refractivity contribution in [2.24, 2.45) is 0 Å². The first-order valence-electron chi connectivity index (χ1n) is 8.58. The molecule has 0 atom stereocenters. The van der Waals surface area contributed by atoms with Crippen LogP contribution in [-0.4, -0.2) is 16.8 Å². The van der Waals surface area contributed by atoms with Gasteiger partial charge in [-0.15, -0.1) is 0 Å². The lowest BCUT2D eigenvalue weighted by Gasteiger charge is -2.16. The number of benzene rings is 2. The summed E-state index contributed by atoms with van der Waals surface area (Å²) in [5.41, 5.74) is 0.000105. The lowest BCUT2D eigenvalue weighted by Crippen LogP contribution is -2.27. The Morgan fingerprint density at radius 1 is 1.24 bits per heavy atom. The molecule has 9 heteroatoms. The first kappa shape index (κ1) is 21.9. The van der Waals surface area contributed by atoms with Crippen LogP contribution in [-0.2, 0) is 11.0 Å². The average molecular weight is 502 g/mol. The van der Waals surface area contributed by atoms with Gasteiger partial charge in [-0.25, -0.2) is 0 Å². The number of anilines is 1. The second-order valence-electron chi connectivity index (χ2n) is 6.10. The molecule has 1 fully saturated rings. The van der Waals surface area contributed by atoms with Crippen LogP contribution < -0.4 is 9.64 Å². The van der Waals surface area contributed by atoms with E-state index < -0.39 is 17.6 Å². The smallest absolute Gasteiger partial charge is 0.416 e. The summed E-state index contributed by atoms with van der Waals surface area (Å²) in [5.74, 6) is 0.238. The van der Waals surface area contributed by atoms with E-state index in [1.807, 2.05) is 13.0 Å². The highest BCUT2D eigenvalue weighted by Crippen LogP contribution is 2.39. The summed E-state index contributed by atoms with van der Waals surface area (Å²) >= 11 is 9.73. The minimum atomic E-state index is -4.50. The number of alkyl halides is 3. The van der Waals surface area contributed by atoms with Gasteiger partial charge >= 0.3 is 6.18 Å². The van der Waals surface area contributed by atoms with Gasteiger partial charge in [-0.1, -0.05) is 43.0 Å². The molecule has 1 aliphatic heterocycles. The summed E-state index contributed by atoms with van der Waals surface area (Å²) in [6.45, 7) is 2.60. The van der Waals surface area contributed by atoms with Crippen molar-refractivity contribution in [2.75, 3.05) is 11.5 Å². The molecule has 1 heterocycles. The number of hydrogen-bond donors (Lipinski definition) is 0. The van der Waals surface area contributed by atoms with Gasteiger partial charge in [0.1, 0.15) is 5.75 Å². The quantitative estimate of drug-likeness (QED) is 0.338. The normalized spacial score (nSPS) is 16.0. The van der Waals surface area contributed by atoms with E-state index in [4.69, 9.17) is 17.0 Å². The van der Waals surface area contributed by atoms with Crippen molar-refractivity contribution in [2.45, 2.75) is 19.5 Å². The molecule has 3 nitrogen and oxygen atoms in total. The van der Waals surface area contributed by atoms with E-state index in [0.29, 0.717) is 17.3 Å². The van der Waals surface area contributed by atoms with E-state index in [0.717, 1.165) is 45.3 Å². The van der Waals surface area contributed by atoms with Crippen LogP contribution in [0.4, 0.5) is 18.9 Å². The van der Waals surface area contributed by atoms with Gasteiger partial charge in [0, 0.05) is 0 Å². The van der Waals surface area contributed by atoms with Crippen molar-refractivity contribution >= 4 is 61.9 Å². The number of thioether (sulfide) groups is 1. The first-order valence-corrected chi connectivity index (χ1v) is 10.6. The number of carbonyl (C=O) groups excluding carboxylic acids is 1. The van der Waals surface area contributed by atoms with Crippen LogP contribution in [0.15, 0.2) is 51.8 Å². The third-order valence-electron chi connectivity index (χ3n) is 3.94. The van der Waals surface area contributed by atoms with Crippen molar-refractivity contribution in [1.29, 1.82) is 0 Å². The number of halogens is 4. The monoisotopic (exact) mass is 501 g/mol. The molecule has 0 aliphatic carbocycles. The van der Waals surface area contributed by atoms with Crippen molar-refractivity contribution in [3.63, 3.8) is 0 Å². The van der Waals surface area contributed by atoms with E-state index in [9.17, 15) is 18.0 Å². The molecule has 1 saturated heterocycles. The molecule has 2 aromatic rings. The Morgan fingerprint density at radius 3 is 2.66 bits per heavy atom. The Labute approximate surface area is 184 Å². The van der Waals surface area contributed by atoms with E-state index in [1.165, 1.54) is 12.1 Å². The molecule has 0 aromatic heterocycles. The molecule has 0 bridgehead atoms. The molecule has 2 aromatic carbocycles. The number of rotatable bonds is 5. The van der Waals surface area contributed by atoms with Gasteiger partial charge in [0.25, 0.3) is 5.91 Å². The molecule has 0 saturated carbocycles. The summed E-state index contributed by atoms with van der Waals surface area (Å²) in [5, 5.41) is 0. The Kier molecular flexibility index (Phi) is 6.70. The Morgan fingerprint density at radius 2 is 2.00 bits per heavy atom. The molecule has 0 unspecified atom stereocenters. The van der Waals surface area contributed by atoms with Crippen LogP contribution in [0.2, 0.25) is 0 Å². The largest absolute Gasteiger partial charge is 0.492 e. The predicted molar refractivity (Wildman–Crippen MR) is 117 cm³/mol. The van der Waals surface area contributed by atoms with E-state index in [1.54, 1.807) is 18.2 Å². The highest BCUT2D eigenvalue weighted by molar-refractivity contribution is 9.10. The van der Waals surface area contributed by atoms with Crippen LogP contribution >= 0.6 is 39.9 Å². The van der Waals surface area contributed by atoms with Crippen molar-refractivity contribution < 1.29 is 22.7 Å². The summed E-state index contributed by atoms with van der Waals surface area (Å²) in [6, 6.07) is 9.96. The molecule has 1 amide bonds. The number of ether oxygens (including phenoxy) is 1. The molecular formula is C20H15BrF3NO2S2. The third kappa shape index (κ3) is 5.02. The van der Waals surface area contributed by atoms with Gasteiger partial charge in [0.2, 0.25) is 0 Å². The zero-order valence-corrected chi connectivity index (χ0v) is 18.3. The topological polar surface area (TPSA) is 29.5 Å². The van der Waals surface area contributed by atoms with Crippen molar-refractivity contribution in [1.82, 2.24) is 0 Å². The van der Waals surface area contributed by atoms with Gasteiger partial charge in [-0.3, -0.25) is 9.69 Å². The SMILES string of the molecule is CCCOc1ccc(/C=C2/SC(=S)N(c3cccc(C(F)(F)F)c3)C2=O)cc1Br. The number of hydrogen-bond acceptors (Lipinski definition) is 4.